The van der Waals surface area contributed by atoms with Crippen LogP contribution in [0.1, 0.15) is 26.2 Å². The normalized spacial score (nSPS) is 23.8. The minimum Gasteiger partial charge on any atom is -0.333 e. The third kappa shape index (κ3) is 3.97. The molecule has 1 amide bonds. The molecular weight excluding hydrogens is 214 g/mol. The highest BCUT2D eigenvalue weighted by Crippen LogP contribution is 2.15. The van der Waals surface area contributed by atoms with Crippen molar-refractivity contribution in [3.05, 3.63) is 12.3 Å². The van der Waals surface area contributed by atoms with E-state index < -0.39 is 0 Å². The molecule has 1 N–H and O–H groups in total. The second-order valence-corrected chi connectivity index (χ2v) is 5.01. The number of piperidine rings is 1. The van der Waals surface area contributed by atoms with Gasteiger partial charge in [-0.1, -0.05) is 6.92 Å². The van der Waals surface area contributed by atoms with E-state index in [4.69, 9.17) is 0 Å². The average Bonchev–Trinajstić information content (AvgIpc) is 2.28. The number of nitrogens with one attached hydrogen (secondary N) is 1. The lowest BCUT2D eigenvalue weighted by Crippen LogP contribution is -2.38. The summed E-state index contributed by atoms with van der Waals surface area (Å²) in [5, 5.41) is 2.74. The van der Waals surface area contributed by atoms with Crippen LogP contribution in [0.5, 0.6) is 0 Å². The van der Waals surface area contributed by atoms with Gasteiger partial charge in [-0.05, 0) is 37.9 Å². The Kier molecular flexibility index (Phi) is 4.31. The van der Waals surface area contributed by atoms with Crippen LogP contribution in [0.4, 0.5) is 0 Å². The van der Waals surface area contributed by atoms with E-state index in [9.17, 15) is 4.79 Å². The van der Waals surface area contributed by atoms with Crippen molar-refractivity contribution < 1.29 is 4.79 Å². The molecule has 17 heavy (non-hydrogen) atoms. The SMILES string of the molecule is CC1CCN(CC2=NCC=CNC(=O)C2)CC1. The van der Waals surface area contributed by atoms with Crippen LogP contribution in [0.2, 0.25) is 0 Å². The van der Waals surface area contributed by atoms with Crippen LogP contribution in [-0.2, 0) is 4.79 Å². The number of rotatable bonds is 2. The van der Waals surface area contributed by atoms with Crippen molar-refractivity contribution in [2.45, 2.75) is 26.2 Å². The Morgan fingerprint density at radius 2 is 2.24 bits per heavy atom. The zero-order valence-corrected chi connectivity index (χ0v) is 10.5. The first-order valence-corrected chi connectivity index (χ1v) is 6.43. The smallest absolute Gasteiger partial charge is 0.229 e. The zero-order valence-electron chi connectivity index (χ0n) is 10.5. The van der Waals surface area contributed by atoms with Crippen molar-refractivity contribution >= 4 is 11.6 Å². The summed E-state index contributed by atoms with van der Waals surface area (Å²) >= 11 is 0. The van der Waals surface area contributed by atoms with Gasteiger partial charge in [-0.25, -0.2) is 0 Å². The molecule has 2 heterocycles. The molecular formula is C13H21N3O. The zero-order chi connectivity index (χ0) is 12.1. The van der Waals surface area contributed by atoms with Gasteiger partial charge in [-0.3, -0.25) is 14.7 Å². The maximum atomic E-state index is 11.5. The molecule has 0 radical (unpaired) electrons. The first-order chi connectivity index (χ1) is 8.24. The first kappa shape index (κ1) is 12.3. The quantitative estimate of drug-likeness (QED) is 0.781. The van der Waals surface area contributed by atoms with Gasteiger partial charge < -0.3 is 5.32 Å². The minimum absolute atomic E-state index is 0.0464. The molecule has 0 aromatic rings. The summed E-state index contributed by atoms with van der Waals surface area (Å²) in [6, 6.07) is 0. The summed E-state index contributed by atoms with van der Waals surface area (Å²) in [5.41, 5.74) is 1.02. The van der Waals surface area contributed by atoms with E-state index in [1.807, 2.05) is 6.08 Å². The van der Waals surface area contributed by atoms with E-state index in [-0.39, 0.29) is 5.91 Å². The molecule has 4 heteroatoms. The molecule has 0 aliphatic carbocycles. The molecule has 0 bridgehead atoms. The van der Waals surface area contributed by atoms with Crippen LogP contribution in [0, 0.1) is 5.92 Å². The molecule has 4 nitrogen and oxygen atoms in total. The maximum absolute atomic E-state index is 11.5. The van der Waals surface area contributed by atoms with Crippen molar-refractivity contribution in [2.75, 3.05) is 26.2 Å². The summed E-state index contributed by atoms with van der Waals surface area (Å²) in [6.07, 6.45) is 6.54. The van der Waals surface area contributed by atoms with Gasteiger partial charge in [-0.15, -0.1) is 0 Å². The number of carbonyl (C=O) groups excluding carboxylic acids is 1. The Hall–Kier alpha value is -1.16. The van der Waals surface area contributed by atoms with Crippen molar-refractivity contribution in [2.24, 2.45) is 10.9 Å². The van der Waals surface area contributed by atoms with Crippen LogP contribution in [0.25, 0.3) is 0 Å². The number of carbonyl (C=O) groups is 1. The molecule has 0 aromatic carbocycles. The fourth-order valence-corrected chi connectivity index (χ4v) is 2.26. The average molecular weight is 235 g/mol. The van der Waals surface area contributed by atoms with E-state index in [0.29, 0.717) is 13.0 Å². The molecule has 0 aromatic heterocycles. The Bertz CT molecular complexity index is 328. The van der Waals surface area contributed by atoms with Gasteiger partial charge in [0.05, 0.1) is 13.0 Å². The molecule has 94 valence electrons. The Balaban J connectivity index is 1.88. The second-order valence-electron chi connectivity index (χ2n) is 5.01. The monoisotopic (exact) mass is 235 g/mol. The van der Waals surface area contributed by atoms with Gasteiger partial charge >= 0.3 is 0 Å². The molecule has 0 unspecified atom stereocenters. The van der Waals surface area contributed by atoms with Crippen LogP contribution in [-0.4, -0.2) is 42.7 Å². The summed E-state index contributed by atoms with van der Waals surface area (Å²) in [4.78, 5) is 18.4. The molecule has 2 rings (SSSR count). The number of aliphatic imine (C=N–C) groups is 1. The van der Waals surface area contributed by atoms with E-state index in [1.165, 1.54) is 12.8 Å². The van der Waals surface area contributed by atoms with Gasteiger partial charge in [-0.2, -0.15) is 0 Å². The number of hydrogen-bond donors (Lipinski definition) is 1. The highest BCUT2D eigenvalue weighted by atomic mass is 16.1. The summed E-state index contributed by atoms with van der Waals surface area (Å²) in [6.45, 7) is 6.12. The standard InChI is InChI=1S/C13H21N3O/c1-11-3-7-16(8-4-11)10-12-9-13(17)15-6-2-5-14-12/h2,6,11H,3-5,7-10H2,1H3,(H,15,17). The highest BCUT2D eigenvalue weighted by molar-refractivity contribution is 6.02. The second kappa shape index (κ2) is 5.96. The van der Waals surface area contributed by atoms with E-state index >= 15 is 0 Å². The van der Waals surface area contributed by atoms with E-state index in [0.717, 1.165) is 31.3 Å². The van der Waals surface area contributed by atoms with Crippen LogP contribution in [0.15, 0.2) is 17.3 Å². The molecule has 2 aliphatic heterocycles. The lowest BCUT2D eigenvalue weighted by atomic mass is 9.99. The van der Waals surface area contributed by atoms with Crippen LogP contribution in [0.3, 0.4) is 0 Å². The minimum atomic E-state index is 0.0464. The predicted molar refractivity (Wildman–Crippen MR) is 69.0 cm³/mol. The fourth-order valence-electron chi connectivity index (χ4n) is 2.26. The van der Waals surface area contributed by atoms with Gasteiger partial charge in [0.15, 0.2) is 0 Å². The van der Waals surface area contributed by atoms with Gasteiger partial charge in [0.25, 0.3) is 0 Å². The van der Waals surface area contributed by atoms with Crippen molar-refractivity contribution in [3.8, 4) is 0 Å². The Labute approximate surface area is 103 Å². The van der Waals surface area contributed by atoms with E-state index in [1.54, 1.807) is 6.20 Å². The van der Waals surface area contributed by atoms with Gasteiger partial charge in [0, 0.05) is 18.5 Å². The van der Waals surface area contributed by atoms with Crippen LogP contribution < -0.4 is 5.32 Å². The number of amides is 1. The fraction of sp³-hybridized carbons (Fsp3) is 0.692. The highest BCUT2D eigenvalue weighted by Gasteiger charge is 2.18. The predicted octanol–water partition coefficient (Wildman–Crippen LogP) is 1.19. The van der Waals surface area contributed by atoms with Crippen molar-refractivity contribution in [1.29, 1.82) is 0 Å². The lowest BCUT2D eigenvalue weighted by molar-refractivity contribution is -0.119. The van der Waals surface area contributed by atoms with E-state index in [2.05, 4.69) is 22.1 Å². The largest absolute Gasteiger partial charge is 0.333 e. The van der Waals surface area contributed by atoms with Crippen LogP contribution >= 0.6 is 0 Å². The number of nitrogens with zero attached hydrogens (tertiary/aromatic N) is 2. The van der Waals surface area contributed by atoms with Crippen molar-refractivity contribution in [3.63, 3.8) is 0 Å². The summed E-state index contributed by atoms with van der Waals surface area (Å²) in [7, 11) is 0. The third-order valence-corrected chi connectivity index (χ3v) is 3.43. The summed E-state index contributed by atoms with van der Waals surface area (Å²) in [5.74, 6) is 0.891. The van der Waals surface area contributed by atoms with Gasteiger partial charge in [0.2, 0.25) is 5.91 Å². The Morgan fingerprint density at radius 1 is 1.47 bits per heavy atom. The molecule has 0 atom stereocenters. The molecule has 1 fully saturated rings. The molecule has 2 aliphatic rings. The Morgan fingerprint density at radius 3 is 3.00 bits per heavy atom. The third-order valence-electron chi connectivity index (χ3n) is 3.43. The molecule has 0 spiro atoms. The summed E-state index contributed by atoms with van der Waals surface area (Å²) < 4.78 is 0. The molecule has 0 saturated carbocycles. The first-order valence-electron chi connectivity index (χ1n) is 6.43. The molecule has 1 saturated heterocycles. The van der Waals surface area contributed by atoms with Crippen molar-refractivity contribution in [1.82, 2.24) is 10.2 Å². The number of likely N-dealkylation sites (tertiary alicyclic amines) is 1. The maximum Gasteiger partial charge on any atom is 0.229 e. The topological polar surface area (TPSA) is 44.7 Å². The van der Waals surface area contributed by atoms with Gasteiger partial charge in [0.1, 0.15) is 0 Å². The number of hydrogen-bond acceptors (Lipinski definition) is 3. The lowest BCUT2D eigenvalue weighted by Gasteiger charge is -2.30.